The van der Waals surface area contributed by atoms with E-state index in [2.05, 4.69) is 25.1 Å². The molecule has 0 spiro atoms. The van der Waals surface area contributed by atoms with E-state index in [9.17, 15) is 26.4 Å². The molecule has 6 rings (SSSR count). The summed E-state index contributed by atoms with van der Waals surface area (Å²) in [6.45, 7) is 11.3. The summed E-state index contributed by atoms with van der Waals surface area (Å²) in [7, 11) is -3.68. The fourth-order valence-electron chi connectivity index (χ4n) is 6.64. The third-order valence-electron chi connectivity index (χ3n) is 9.94. The molecule has 2 atom stereocenters. The average molecular weight is 987 g/mol. The van der Waals surface area contributed by atoms with Crippen molar-refractivity contribution < 1.29 is 35.9 Å². The number of hydrogen-bond donors (Lipinski definition) is 1. The lowest BCUT2D eigenvalue weighted by molar-refractivity contribution is -0.134. The number of alkyl halides is 1. The Hall–Kier alpha value is -3.65. The molecule has 4 aromatic rings. The number of hydrogen-bond acceptors (Lipinski definition) is 12. The molecule has 0 radical (unpaired) electrons. The number of methoxy groups -OCH3 is 2. The molecule has 0 saturated carbocycles. The van der Waals surface area contributed by atoms with Crippen LogP contribution in [0.2, 0.25) is 20.1 Å². The lowest BCUT2D eigenvalue weighted by atomic mass is 10.1. The Labute approximate surface area is 381 Å². The van der Waals surface area contributed by atoms with Gasteiger partial charge in [0.15, 0.2) is 29.7 Å². The molecule has 336 valence electrons. The lowest BCUT2D eigenvalue weighted by Gasteiger charge is -2.41. The Morgan fingerprint density at radius 2 is 1.20 bits per heavy atom. The van der Waals surface area contributed by atoms with E-state index < -0.39 is 19.7 Å². The van der Waals surface area contributed by atoms with Crippen molar-refractivity contribution in [1.29, 1.82) is 0 Å². The number of nitrogens with one attached hydrogen (secondary N) is 1. The number of anilines is 2. The number of carbonyl (C=O) groups is 2. The predicted octanol–water partition coefficient (Wildman–Crippen LogP) is 6.05. The number of nitrogens with zero attached hydrogens (tertiary/aromatic N) is 7. The van der Waals surface area contributed by atoms with E-state index in [-0.39, 0.29) is 56.4 Å². The first-order valence-corrected chi connectivity index (χ1v) is 24.5. The number of aromatic nitrogens is 4. The fraction of sp³-hybridized carbons (Fsp3) is 0.474. The van der Waals surface area contributed by atoms with Crippen LogP contribution in [0.15, 0.2) is 46.5 Å². The Balaban J connectivity index is 0.000000226. The standard InChI is InChI=1S/C19H24Cl2N4O4S.C14H18Cl2N2O2.C5H7ClN2O2S/c1-12-10-23(14-5-6-15(20)16(9-14)29-3)7-8-24(12)17(26)11-25-13(2)18(21)19(22-25)30(4,27)28;1-10-9-17(5-6-18(10)14(19)8-15)11-3-4-12(16)13(7-11)20-2;1-3-4(6)5(8-7-3)11(2,9)10/h5-6,9,12H,7-8,10-11H2,1-4H3;3-4,7,10H,5-6,8-9H2,1-2H3;1-2H3,(H,7,8)/t12-;10-;/m00./s1. The molecule has 2 amide bonds. The topological polar surface area (TPSA) is 180 Å². The van der Waals surface area contributed by atoms with Gasteiger partial charge in [-0.3, -0.25) is 19.4 Å². The molecule has 4 heterocycles. The highest BCUT2D eigenvalue weighted by atomic mass is 35.5. The van der Waals surface area contributed by atoms with E-state index in [0.29, 0.717) is 59.1 Å². The summed E-state index contributed by atoms with van der Waals surface area (Å²) in [4.78, 5) is 32.6. The minimum absolute atomic E-state index is 0.00694. The Morgan fingerprint density at radius 1 is 0.738 bits per heavy atom. The van der Waals surface area contributed by atoms with Gasteiger partial charge in [-0.25, -0.2) is 16.8 Å². The van der Waals surface area contributed by atoms with Gasteiger partial charge in [-0.1, -0.05) is 46.4 Å². The number of benzene rings is 2. The maximum Gasteiger partial charge on any atom is 0.244 e. The summed E-state index contributed by atoms with van der Waals surface area (Å²) in [5.74, 6) is 1.16. The predicted molar refractivity (Wildman–Crippen MR) is 240 cm³/mol. The minimum Gasteiger partial charge on any atom is -0.495 e. The van der Waals surface area contributed by atoms with Crippen molar-refractivity contribution in [3.05, 3.63) is 67.9 Å². The molecule has 0 aliphatic carbocycles. The van der Waals surface area contributed by atoms with Crippen LogP contribution >= 0.6 is 58.0 Å². The molecule has 2 fully saturated rings. The largest absolute Gasteiger partial charge is 0.495 e. The van der Waals surface area contributed by atoms with Gasteiger partial charge < -0.3 is 29.1 Å². The molecule has 16 nitrogen and oxygen atoms in total. The van der Waals surface area contributed by atoms with Crippen LogP contribution < -0.4 is 19.3 Å². The summed E-state index contributed by atoms with van der Waals surface area (Å²) >= 11 is 29.5. The van der Waals surface area contributed by atoms with Gasteiger partial charge in [0.25, 0.3) is 0 Å². The number of rotatable bonds is 9. The van der Waals surface area contributed by atoms with Gasteiger partial charge in [-0.15, -0.1) is 11.6 Å². The van der Waals surface area contributed by atoms with Crippen LogP contribution in [-0.4, -0.2) is 142 Å². The van der Waals surface area contributed by atoms with Crippen LogP contribution in [-0.2, 0) is 35.8 Å². The number of sulfone groups is 2. The van der Waals surface area contributed by atoms with Crippen molar-refractivity contribution >= 4 is 101 Å². The molecule has 2 aliphatic heterocycles. The Kier molecular flexibility index (Phi) is 17.3. The number of ether oxygens (including phenoxy) is 2. The van der Waals surface area contributed by atoms with Crippen LogP contribution in [0.4, 0.5) is 11.4 Å². The van der Waals surface area contributed by atoms with E-state index in [0.717, 1.165) is 37.0 Å². The van der Waals surface area contributed by atoms with Gasteiger partial charge in [-0.05, 0) is 52.0 Å². The van der Waals surface area contributed by atoms with E-state index in [1.807, 2.05) is 49.1 Å². The quantitative estimate of drug-likeness (QED) is 0.192. The summed E-state index contributed by atoms with van der Waals surface area (Å²) in [5, 5.41) is 11.1. The van der Waals surface area contributed by atoms with Gasteiger partial charge >= 0.3 is 0 Å². The number of amides is 2. The van der Waals surface area contributed by atoms with E-state index in [1.54, 1.807) is 39.0 Å². The molecule has 1 N–H and O–H groups in total. The number of piperazine rings is 2. The van der Waals surface area contributed by atoms with Crippen molar-refractivity contribution in [1.82, 2.24) is 29.8 Å². The smallest absolute Gasteiger partial charge is 0.244 e. The van der Waals surface area contributed by atoms with Crippen molar-refractivity contribution in [3.63, 3.8) is 0 Å². The van der Waals surface area contributed by atoms with Crippen LogP contribution in [0, 0.1) is 13.8 Å². The number of carbonyl (C=O) groups excluding carboxylic acids is 2. The van der Waals surface area contributed by atoms with Crippen molar-refractivity contribution in [2.45, 2.75) is 56.4 Å². The van der Waals surface area contributed by atoms with Crippen molar-refractivity contribution in [2.24, 2.45) is 0 Å². The second-order valence-electron chi connectivity index (χ2n) is 14.4. The molecule has 0 unspecified atom stereocenters. The van der Waals surface area contributed by atoms with E-state index in [1.165, 1.54) is 4.68 Å². The first-order chi connectivity index (χ1) is 28.5. The molecule has 0 bridgehead atoms. The zero-order valence-electron chi connectivity index (χ0n) is 34.9. The summed E-state index contributed by atoms with van der Waals surface area (Å²) in [5.41, 5.74) is 3.04. The Morgan fingerprint density at radius 3 is 1.54 bits per heavy atom. The van der Waals surface area contributed by atoms with E-state index in [4.69, 9.17) is 67.5 Å². The van der Waals surface area contributed by atoms with Crippen LogP contribution in [0.25, 0.3) is 0 Å². The fourth-order valence-corrected chi connectivity index (χ4v) is 9.65. The van der Waals surface area contributed by atoms with Gasteiger partial charge in [-0.2, -0.15) is 10.2 Å². The molecule has 2 aromatic heterocycles. The molecule has 2 aromatic carbocycles. The zero-order chi connectivity index (χ0) is 45.6. The van der Waals surface area contributed by atoms with Crippen LogP contribution in [0.5, 0.6) is 11.5 Å². The number of aryl methyl sites for hydroxylation is 1. The maximum absolute atomic E-state index is 12.9. The molecular formula is C38H49Cl5N8O8S2. The number of aromatic amines is 1. The molecule has 23 heteroatoms. The highest BCUT2D eigenvalue weighted by molar-refractivity contribution is 7.91. The third-order valence-corrected chi connectivity index (χ3v) is 13.9. The van der Waals surface area contributed by atoms with E-state index >= 15 is 0 Å². The highest BCUT2D eigenvalue weighted by Gasteiger charge is 2.30. The second kappa shape index (κ2) is 21.1. The summed E-state index contributed by atoms with van der Waals surface area (Å²) in [6.07, 6.45) is 2.11. The molecule has 61 heavy (non-hydrogen) atoms. The Bertz CT molecular complexity index is 2430. The maximum atomic E-state index is 12.9. The SMILES string of the molecule is COc1cc(N2CCN(C(=O)CCl)[C@@H](C)C2)ccc1Cl.COc1cc(N2CCN(C(=O)Cn3nc(S(C)(=O)=O)c(Cl)c3C)[C@@H](C)C2)ccc1Cl.Cc1[nH]nc(S(C)(=O)=O)c1Cl. The molecule has 2 saturated heterocycles. The summed E-state index contributed by atoms with van der Waals surface area (Å²) < 4.78 is 57.3. The molecular weight excluding hydrogens is 938 g/mol. The minimum atomic E-state index is -3.57. The van der Waals surface area contributed by atoms with Gasteiger partial charge in [0, 0.05) is 87.4 Å². The average Bonchev–Trinajstić information content (AvgIpc) is 3.70. The number of halogens is 5. The number of H-pyrrole nitrogens is 1. The highest BCUT2D eigenvalue weighted by Crippen LogP contribution is 2.32. The van der Waals surface area contributed by atoms with Gasteiger partial charge in [0.2, 0.25) is 11.8 Å². The van der Waals surface area contributed by atoms with Crippen molar-refractivity contribution in [3.8, 4) is 11.5 Å². The summed E-state index contributed by atoms with van der Waals surface area (Å²) in [6, 6.07) is 11.4. The van der Waals surface area contributed by atoms with Crippen LogP contribution in [0.3, 0.4) is 0 Å². The van der Waals surface area contributed by atoms with Crippen LogP contribution in [0.1, 0.15) is 25.2 Å². The van der Waals surface area contributed by atoms with Gasteiger partial charge in [0.1, 0.15) is 34.0 Å². The first-order valence-electron chi connectivity index (χ1n) is 18.7. The normalized spacial score (nSPS) is 16.9. The lowest BCUT2D eigenvalue weighted by Crippen LogP contribution is -2.54. The monoisotopic (exact) mass is 984 g/mol. The molecule has 2 aliphatic rings. The van der Waals surface area contributed by atoms with Crippen molar-refractivity contribution in [2.75, 3.05) is 81.7 Å². The second-order valence-corrected chi connectivity index (χ2v) is 20.1. The first kappa shape index (κ1) is 50.0. The van der Waals surface area contributed by atoms with Gasteiger partial charge in [0.05, 0.1) is 35.7 Å². The zero-order valence-corrected chi connectivity index (χ0v) is 40.3. The third kappa shape index (κ3) is 12.5.